The maximum absolute atomic E-state index is 8.35. The maximum Gasteiger partial charge on any atom is 0.151 e. The summed E-state index contributed by atoms with van der Waals surface area (Å²) in [5, 5.41) is 12.2. The minimum atomic E-state index is 0.333. The van der Waals surface area contributed by atoms with Gasteiger partial charge in [0, 0.05) is 12.0 Å². The van der Waals surface area contributed by atoms with Crippen LogP contribution in [-0.4, -0.2) is 5.16 Å². The quantitative estimate of drug-likeness (QED) is 0.640. The van der Waals surface area contributed by atoms with Crippen molar-refractivity contribution in [3.63, 3.8) is 0 Å². The number of rotatable bonds is 2. The Morgan fingerprint density at radius 3 is 3.18 bits per heavy atom. The number of aromatic nitrogens is 1. The molecule has 0 aliphatic heterocycles. The lowest BCUT2D eigenvalue weighted by atomic mass is 10.2. The zero-order valence-electron chi connectivity index (χ0n) is 6.08. The van der Waals surface area contributed by atoms with Gasteiger partial charge in [-0.15, -0.1) is 0 Å². The SMILES string of the molecule is N#CCc1cc(C2CC2)no1. The van der Waals surface area contributed by atoms with Crippen molar-refractivity contribution in [3.05, 3.63) is 17.5 Å². The second kappa shape index (κ2) is 2.39. The van der Waals surface area contributed by atoms with Crippen molar-refractivity contribution in [2.75, 3.05) is 0 Å². The van der Waals surface area contributed by atoms with Crippen molar-refractivity contribution < 1.29 is 4.52 Å². The molecule has 1 aliphatic carbocycles. The van der Waals surface area contributed by atoms with E-state index in [1.807, 2.05) is 12.1 Å². The molecule has 1 aromatic rings. The molecule has 0 unspecified atom stereocenters. The van der Waals surface area contributed by atoms with Crippen LogP contribution in [0.5, 0.6) is 0 Å². The van der Waals surface area contributed by atoms with Gasteiger partial charge in [-0.2, -0.15) is 5.26 Å². The molecular formula is C8H8N2O. The zero-order valence-corrected chi connectivity index (χ0v) is 6.08. The van der Waals surface area contributed by atoms with Crippen LogP contribution in [0.1, 0.15) is 30.2 Å². The Kier molecular flexibility index (Phi) is 1.39. The molecule has 1 heterocycles. The molecule has 0 amide bonds. The first-order chi connectivity index (χ1) is 5.40. The summed E-state index contributed by atoms with van der Waals surface area (Å²) in [5.41, 5.74) is 1.02. The molecule has 1 saturated carbocycles. The number of nitrogens with zero attached hydrogens (tertiary/aromatic N) is 2. The first kappa shape index (κ1) is 6.41. The molecule has 3 nitrogen and oxygen atoms in total. The summed E-state index contributed by atoms with van der Waals surface area (Å²) >= 11 is 0. The van der Waals surface area contributed by atoms with Gasteiger partial charge in [-0.25, -0.2) is 0 Å². The average molecular weight is 148 g/mol. The van der Waals surface area contributed by atoms with Crippen molar-refractivity contribution >= 4 is 0 Å². The van der Waals surface area contributed by atoms with Crippen molar-refractivity contribution in [2.45, 2.75) is 25.2 Å². The highest BCUT2D eigenvalue weighted by Gasteiger charge is 2.26. The van der Waals surface area contributed by atoms with E-state index in [2.05, 4.69) is 5.16 Å². The first-order valence-corrected chi connectivity index (χ1v) is 3.72. The third-order valence-corrected chi connectivity index (χ3v) is 1.83. The summed E-state index contributed by atoms with van der Waals surface area (Å²) in [6.07, 6.45) is 2.77. The van der Waals surface area contributed by atoms with Gasteiger partial charge in [0.15, 0.2) is 5.76 Å². The molecule has 0 aromatic carbocycles. The van der Waals surface area contributed by atoms with E-state index >= 15 is 0 Å². The van der Waals surface area contributed by atoms with Crippen LogP contribution in [0.4, 0.5) is 0 Å². The largest absolute Gasteiger partial charge is 0.360 e. The molecule has 0 atom stereocenters. The molecular weight excluding hydrogens is 140 g/mol. The van der Waals surface area contributed by atoms with Crippen LogP contribution >= 0.6 is 0 Å². The fourth-order valence-corrected chi connectivity index (χ4v) is 1.06. The second-order valence-electron chi connectivity index (χ2n) is 2.83. The lowest BCUT2D eigenvalue weighted by Gasteiger charge is -1.79. The van der Waals surface area contributed by atoms with E-state index in [-0.39, 0.29) is 0 Å². The maximum atomic E-state index is 8.35. The minimum Gasteiger partial charge on any atom is -0.360 e. The standard InChI is InChI=1S/C8H8N2O/c9-4-3-7-5-8(10-11-7)6-1-2-6/h5-6H,1-3H2. The fraction of sp³-hybridized carbons (Fsp3) is 0.500. The lowest BCUT2D eigenvalue weighted by molar-refractivity contribution is 0.385. The topological polar surface area (TPSA) is 49.8 Å². The molecule has 1 fully saturated rings. The molecule has 0 saturated heterocycles. The van der Waals surface area contributed by atoms with E-state index in [1.165, 1.54) is 12.8 Å². The normalized spacial score (nSPS) is 16.3. The monoisotopic (exact) mass is 148 g/mol. The van der Waals surface area contributed by atoms with Gasteiger partial charge in [0.05, 0.1) is 18.2 Å². The van der Waals surface area contributed by atoms with Gasteiger partial charge in [0.25, 0.3) is 0 Å². The molecule has 0 spiro atoms. The Balaban J connectivity index is 2.13. The Morgan fingerprint density at radius 1 is 1.73 bits per heavy atom. The van der Waals surface area contributed by atoms with Crippen molar-refractivity contribution in [2.24, 2.45) is 0 Å². The van der Waals surface area contributed by atoms with Crippen molar-refractivity contribution in [1.82, 2.24) is 5.16 Å². The van der Waals surface area contributed by atoms with Gasteiger partial charge in [-0.05, 0) is 12.8 Å². The molecule has 0 radical (unpaired) electrons. The van der Waals surface area contributed by atoms with Crippen molar-refractivity contribution in [3.8, 4) is 6.07 Å². The van der Waals surface area contributed by atoms with E-state index in [9.17, 15) is 0 Å². The first-order valence-electron chi connectivity index (χ1n) is 3.72. The van der Waals surface area contributed by atoms with Crippen LogP contribution in [0.2, 0.25) is 0 Å². The molecule has 56 valence electrons. The molecule has 0 bridgehead atoms. The number of nitriles is 1. The van der Waals surface area contributed by atoms with Gasteiger partial charge in [0.1, 0.15) is 0 Å². The second-order valence-corrected chi connectivity index (χ2v) is 2.83. The molecule has 0 N–H and O–H groups in total. The molecule has 3 heteroatoms. The summed E-state index contributed by atoms with van der Waals surface area (Å²) in [5.74, 6) is 1.31. The Bertz CT molecular complexity index is 293. The smallest absolute Gasteiger partial charge is 0.151 e. The van der Waals surface area contributed by atoms with E-state index in [0.29, 0.717) is 18.1 Å². The highest BCUT2D eigenvalue weighted by Crippen LogP contribution is 2.39. The van der Waals surface area contributed by atoms with Gasteiger partial charge >= 0.3 is 0 Å². The van der Waals surface area contributed by atoms with Crippen LogP contribution < -0.4 is 0 Å². The van der Waals surface area contributed by atoms with E-state index in [0.717, 1.165) is 5.69 Å². The summed E-state index contributed by atoms with van der Waals surface area (Å²) in [4.78, 5) is 0. The Hall–Kier alpha value is -1.30. The van der Waals surface area contributed by atoms with Gasteiger partial charge in [-0.1, -0.05) is 5.16 Å². The van der Waals surface area contributed by atoms with Crippen LogP contribution in [-0.2, 0) is 6.42 Å². The molecule has 2 rings (SSSR count). The van der Waals surface area contributed by atoms with E-state index in [1.54, 1.807) is 0 Å². The van der Waals surface area contributed by atoms with Crippen LogP contribution in [0, 0.1) is 11.3 Å². The van der Waals surface area contributed by atoms with Crippen molar-refractivity contribution in [1.29, 1.82) is 5.26 Å². The lowest BCUT2D eigenvalue weighted by Crippen LogP contribution is -1.75. The predicted octanol–water partition coefficient (Wildman–Crippen LogP) is 1.62. The predicted molar refractivity (Wildman–Crippen MR) is 37.8 cm³/mol. The fourth-order valence-electron chi connectivity index (χ4n) is 1.06. The third kappa shape index (κ3) is 1.25. The number of hydrogen-bond acceptors (Lipinski definition) is 3. The Morgan fingerprint density at radius 2 is 2.55 bits per heavy atom. The van der Waals surface area contributed by atoms with Crippen LogP contribution in [0.25, 0.3) is 0 Å². The van der Waals surface area contributed by atoms with Gasteiger partial charge in [0.2, 0.25) is 0 Å². The van der Waals surface area contributed by atoms with E-state index in [4.69, 9.17) is 9.78 Å². The van der Waals surface area contributed by atoms with E-state index < -0.39 is 0 Å². The third-order valence-electron chi connectivity index (χ3n) is 1.83. The van der Waals surface area contributed by atoms with Crippen LogP contribution in [0.3, 0.4) is 0 Å². The van der Waals surface area contributed by atoms with Gasteiger partial charge in [-0.3, -0.25) is 0 Å². The minimum absolute atomic E-state index is 0.333. The molecule has 1 aliphatic rings. The summed E-state index contributed by atoms with van der Waals surface area (Å²) in [7, 11) is 0. The van der Waals surface area contributed by atoms with Gasteiger partial charge < -0.3 is 4.52 Å². The molecule has 1 aromatic heterocycles. The molecule has 11 heavy (non-hydrogen) atoms. The Labute approximate surface area is 64.6 Å². The highest BCUT2D eigenvalue weighted by molar-refractivity contribution is 5.16. The summed E-state index contributed by atoms with van der Waals surface area (Å²) < 4.78 is 4.93. The highest BCUT2D eigenvalue weighted by atomic mass is 16.5. The average Bonchev–Trinajstić information content (AvgIpc) is 2.75. The van der Waals surface area contributed by atoms with Crippen LogP contribution in [0.15, 0.2) is 10.6 Å². The summed E-state index contributed by atoms with van der Waals surface area (Å²) in [6, 6.07) is 3.91. The number of hydrogen-bond donors (Lipinski definition) is 0. The summed E-state index contributed by atoms with van der Waals surface area (Å²) in [6.45, 7) is 0. The zero-order chi connectivity index (χ0) is 7.68.